The van der Waals surface area contributed by atoms with Crippen molar-refractivity contribution in [1.29, 1.82) is 0 Å². The highest BCUT2D eigenvalue weighted by Crippen LogP contribution is 2.69. The summed E-state index contributed by atoms with van der Waals surface area (Å²) in [6.45, 7) is 5.17. The molecule has 45 heavy (non-hydrogen) atoms. The zero-order valence-electron chi connectivity index (χ0n) is 24.9. The van der Waals surface area contributed by atoms with Crippen molar-refractivity contribution in [1.82, 2.24) is 9.88 Å². The average molecular weight is 648 g/mol. The Morgan fingerprint density at radius 1 is 1.04 bits per heavy atom. The maximum Gasteiger partial charge on any atom is 0.327 e. The lowest BCUT2D eigenvalue weighted by atomic mass is 9.68. The monoisotopic (exact) mass is 647 g/mol. The molecule has 1 aromatic heterocycles. The minimum atomic E-state index is -1.21. The molecule has 4 aliphatic rings. The van der Waals surface area contributed by atoms with E-state index in [1.165, 1.54) is 0 Å². The lowest BCUT2D eigenvalue weighted by molar-refractivity contribution is -0.157. The number of para-hydroxylation sites is 1. The molecule has 8 atom stereocenters. The fourth-order valence-corrected chi connectivity index (χ4v) is 11.1. The summed E-state index contributed by atoms with van der Waals surface area (Å²) in [4.78, 5) is 70.1. The third-order valence-electron chi connectivity index (χ3n) is 9.87. The lowest BCUT2D eigenvalue weighted by Gasteiger charge is -2.43. The van der Waals surface area contributed by atoms with Gasteiger partial charge in [-0.1, -0.05) is 61.1 Å². The molecule has 0 spiro atoms. The summed E-state index contributed by atoms with van der Waals surface area (Å²) < 4.78 is 6.13. The number of aryl methyl sites for hydroxylation is 1. The first-order valence-corrected chi connectivity index (χ1v) is 16.8. The molecular formula is C33H33N3O7S2. The number of rotatable bonds is 8. The molecule has 2 bridgehead atoms. The van der Waals surface area contributed by atoms with Gasteiger partial charge in [-0.2, -0.15) is 0 Å². The summed E-state index contributed by atoms with van der Waals surface area (Å²) in [5.41, 5.74) is 2.56. The summed E-state index contributed by atoms with van der Waals surface area (Å²) >= 11 is 2.70. The predicted octanol–water partition coefficient (Wildman–Crippen LogP) is 4.34. The molecule has 2 aliphatic carbocycles. The lowest BCUT2D eigenvalue weighted by Crippen LogP contribution is -2.49. The number of hydrogen-bond acceptors (Lipinski definition) is 8. The van der Waals surface area contributed by atoms with Crippen molar-refractivity contribution in [2.24, 2.45) is 35.5 Å². The summed E-state index contributed by atoms with van der Waals surface area (Å²) in [5.74, 6) is -4.06. The van der Waals surface area contributed by atoms with E-state index in [1.807, 2.05) is 55.5 Å². The Balaban J connectivity index is 1.22. The molecule has 3 aromatic rings. The number of carboxylic acid groups (broad SMARTS) is 1. The minimum absolute atomic E-state index is 0.0593. The molecule has 2 aliphatic heterocycles. The van der Waals surface area contributed by atoms with Gasteiger partial charge >= 0.3 is 10.8 Å². The number of H-pyrrole nitrogens is 1. The Hall–Kier alpha value is -3.90. The van der Waals surface area contributed by atoms with Crippen LogP contribution in [0.2, 0.25) is 0 Å². The number of carbonyl (C=O) groups is 4. The van der Waals surface area contributed by atoms with Crippen molar-refractivity contribution >= 4 is 52.5 Å². The Labute approximate surface area is 267 Å². The van der Waals surface area contributed by atoms with Gasteiger partial charge in [0.05, 0.1) is 16.9 Å². The van der Waals surface area contributed by atoms with Crippen molar-refractivity contribution < 1.29 is 29.0 Å². The number of aromatic amines is 1. The maximum atomic E-state index is 13.9. The zero-order valence-corrected chi connectivity index (χ0v) is 26.5. The molecule has 3 fully saturated rings. The van der Waals surface area contributed by atoms with Crippen LogP contribution in [-0.4, -0.2) is 56.6 Å². The standard InChI is InChI=1S/C33H33N3O7S2/c1-14(2)26(32(40)41)36-30(38)24-18-12-19(25(24)31(36)39)27-23(18)22(28-29(44-27)35-33(42)45-28)17-6-4-5-7-20(17)43-13-21(37)34-16-10-8-15(3)9-11-16/h4-11,14,18-19,22-27H,12-13H2,1-3H3,(H,34,37)(H,35,42)(H,40,41)/t18?,19?,22-,23?,24?,25?,26?,27?/m1/s1. The first kappa shape index (κ1) is 29.8. The highest BCUT2D eigenvalue weighted by atomic mass is 32.2. The van der Waals surface area contributed by atoms with E-state index in [-0.39, 0.29) is 52.2 Å². The van der Waals surface area contributed by atoms with Crippen molar-refractivity contribution in [3.05, 3.63) is 74.2 Å². The van der Waals surface area contributed by atoms with Crippen LogP contribution in [0.4, 0.5) is 5.69 Å². The molecule has 3 heterocycles. The van der Waals surface area contributed by atoms with E-state index in [4.69, 9.17) is 4.74 Å². The number of nitrogens with one attached hydrogen (secondary N) is 2. The molecule has 10 nitrogen and oxygen atoms in total. The molecule has 7 unspecified atom stereocenters. The van der Waals surface area contributed by atoms with Gasteiger partial charge in [-0.25, -0.2) is 4.79 Å². The Bertz CT molecular complexity index is 1770. The van der Waals surface area contributed by atoms with Crippen LogP contribution in [0.25, 0.3) is 0 Å². The molecule has 2 saturated carbocycles. The van der Waals surface area contributed by atoms with Crippen molar-refractivity contribution in [3.63, 3.8) is 0 Å². The van der Waals surface area contributed by atoms with Crippen molar-refractivity contribution in [2.45, 2.75) is 49.4 Å². The van der Waals surface area contributed by atoms with Gasteiger partial charge in [-0.3, -0.25) is 24.1 Å². The number of thiazole rings is 1. The fourth-order valence-electron chi connectivity index (χ4n) is 8.20. The van der Waals surface area contributed by atoms with E-state index in [0.717, 1.165) is 37.3 Å². The van der Waals surface area contributed by atoms with Gasteiger partial charge < -0.3 is 20.1 Å². The molecule has 234 valence electrons. The number of anilines is 1. The number of benzene rings is 2. The van der Waals surface area contributed by atoms with Gasteiger partial charge in [0.15, 0.2) is 6.61 Å². The van der Waals surface area contributed by atoms with Gasteiger partial charge in [0.1, 0.15) is 11.8 Å². The molecule has 2 aromatic carbocycles. The number of aromatic nitrogens is 1. The highest BCUT2D eigenvalue weighted by Gasteiger charge is 2.70. The van der Waals surface area contributed by atoms with Crippen LogP contribution in [0.3, 0.4) is 0 Å². The number of thioether (sulfide) groups is 1. The number of amides is 3. The second-order valence-electron chi connectivity index (χ2n) is 12.8. The van der Waals surface area contributed by atoms with E-state index >= 15 is 0 Å². The number of carboxylic acids is 1. The van der Waals surface area contributed by atoms with Crippen molar-refractivity contribution in [2.75, 3.05) is 11.9 Å². The summed E-state index contributed by atoms with van der Waals surface area (Å²) in [6.07, 6.45) is 0.681. The third kappa shape index (κ3) is 4.80. The normalized spacial score (nSPS) is 28.5. The van der Waals surface area contributed by atoms with Crippen LogP contribution in [0, 0.1) is 42.4 Å². The maximum absolute atomic E-state index is 13.9. The minimum Gasteiger partial charge on any atom is -0.483 e. The van der Waals surface area contributed by atoms with Gasteiger partial charge in [0.2, 0.25) is 11.8 Å². The first-order valence-electron chi connectivity index (χ1n) is 15.1. The van der Waals surface area contributed by atoms with E-state index < -0.39 is 35.7 Å². The van der Waals surface area contributed by atoms with Crippen LogP contribution in [0.1, 0.15) is 42.2 Å². The summed E-state index contributed by atoms with van der Waals surface area (Å²) in [6, 6.07) is 13.7. The Kier molecular flexibility index (Phi) is 7.39. The quantitative estimate of drug-likeness (QED) is 0.306. The number of hydrogen-bond donors (Lipinski definition) is 3. The third-order valence-corrected chi connectivity index (χ3v) is 12.5. The van der Waals surface area contributed by atoms with Crippen LogP contribution in [0.5, 0.6) is 5.75 Å². The second kappa shape index (κ2) is 11.2. The fraction of sp³-hybridized carbons (Fsp3) is 0.424. The number of aliphatic carboxylic acids is 1. The summed E-state index contributed by atoms with van der Waals surface area (Å²) in [7, 11) is 0. The average Bonchev–Trinajstić information content (AvgIpc) is 3.73. The smallest absolute Gasteiger partial charge is 0.327 e. The van der Waals surface area contributed by atoms with E-state index in [9.17, 15) is 29.1 Å². The second-order valence-corrected chi connectivity index (χ2v) is 15.0. The molecule has 12 heteroatoms. The van der Waals surface area contributed by atoms with Gasteiger partial charge in [-0.15, -0.1) is 11.8 Å². The van der Waals surface area contributed by atoms with Gasteiger partial charge in [-0.05, 0) is 55.2 Å². The summed E-state index contributed by atoms with van der Waals surface area (Å²) in [5, 5.41) is 13.5. The molecule has 3 N–H and O–H groups in total. The molecule has 0 radical (unpaired) electrons. The van der Waals surface area contributed by atoms with Crippen molar-refractivity contribution in [3.8, 4) is 5.75 Å². The molecule has 7 rings (SSSR count). The van der Waals surface area contributed by atoms with E-state index in [0.29, 0.717) is 17.9 Å². The van der Waals surface area contributed by atoms with E-state index in [2.05, 4.69) is 10.3 Å². The Morgan fingerprint density at radius 2 is 1.73 bits per heavy atom. The predicted molar refractivity (Wildman–Crippen MR) is 168 cm³/mol. The van der Waals surface area contributed by atoms with Crippen LogP contribution < -0.4 is 14.9 Å². The van der Waals surface area contributed by atoms with Crippen LogP contribution in [-0.2, 0) is 19.2 Å². The highest BCUT2D eigenvalue weighted by molar-refractivity contribution is 8.00. The zero-order chi connectivity index (χ0) is 31.7. The van der Waals surface area contributed by atoms with Crippen LogP contribution >= 0.6 is 23.1 Å². The largest absolute Gasteiger partial charge is 0.483 e. The number of carbonyl (C=O) groups excluding carboxylic acids is 3. The Morgan fingerprint density at radius 3 is 2.42 bits per heavy atom. The SMILES string of the molecule is Cc1ccc(NC(=O)COc2ccccc2[C@H]2c3sc(=O)[nH]c3SC3C4CC(C5C(=O)N(C(C(=O)O)C(C)C)C(=O)C45)C32)cc1. The number of imide groups is 1. The molecule has 1 saturated heterocycles. The number of ether oxygens (including phenoxy) is 1. The van der Waals surface area contributed by atoms with Crippen LogP contribution in [0.15, 0.2) is 58.4 Å². The molecule has 3 amide bonds. The topological polar surface area (TPSA) is 146 Å². The number of nitrogens with zero attached hydrogens (tertiary/aromatic N) is 1. The number of likely N-dealkylation sites (tertiary alicyclic amines) is 1. The van der Waals surface area contributed by atoms with E-state index in [1.54, 1.807) is 25.6 Å². The molecular weight excluding hydrogens is 615 g/mol. The van der Waals surface area contributed by atoms with Gasteiger partial charge in [0, 0.05) is 27.3 Å². The van der Waals surface area contributed by atoms with Gasteiger partial charge in [0.25, 0.3) is 5.91 Å². The first-order chi connectivity index (χ1) is 21.5. The number of fused-ring (bicyclic) bond motifs is 9.